The third-order valence-electron chi connectivity index (χ3n) is 3.98. The Balaban J connectivity index is 1.91. The molecule has 7 heteroatoms. The molecule has 0 radical (unpaired) electrons. The molecular weight excluding hydrogens is 362 g/mol. The summed E-state index contributed by atoms with van der Waals surface area (Å²) < 4.78 is 28.4. The number of carbonyl (C=O) groups excluding carboxylic acids is 1. The molecule has 1 amide bonds. The van der Waals surface area contributed by atoms with Crippen molar-refractivity contribution in [1.82, 2.24) is 9.78 Å². The summed E-state index contributed by atoms with van der Waals surface area (Å²) in [6.07, 6.45) is 1.07. The van der Waals surface area contributed by atoms with Crippen molar-refractivity contribution in [3.05, 3.63) is 82.6 Å². The van der Waals surface area contributed by atoms with Crippen LogP contribution in [0, 0.1) is 36.8 Å². The highest BCUT2D eigenvalue weighted by Gasteiger charge is 2.15. The quantitative estimate of drug-likeness (QED) is 0.543. The predicted molar refractivity (Wildman–Crippen MR) is 102 cm³/mol. The van der Waals surface area contributed by atoms with Crippen LogP contribution in [0.2, 0.25) is 0 Å². The number of rotatable bonds is 4. The Kier molecular flexibility index (Phi) is 5.32. The fourth-order valence-electron chi connectivity index (χ4n) is 2.58. The van der Waals surface area contributed by atoms with Crippen LogP contribution >= 0.6 is 0 Å². The molecule has 28 heavy (non-hydrogen) atoms. The highest BCUT2D eigenvalue weighted by Crippen LogP contribution is 2.19. The van der Waals surface area contributed by atoms with Crippen LogP contribution in [-0.2, 0) is 4.79 Å². The van der Waals surface area contributed by atoms with Gasteiger partial charge in [-0.25, -0.2) is 13.5 Å². The Bertz CT molecular complexity index is 1110. The second-order valence-electron chi connectivity index (χ2n) is 6.21. The largest absolute Gasteiger partial charge is 0.306 e. The first-order chi connectivity index (χ1) is 13.4. The smallest absolute Gasteiger partial charge is 0.267 e. The van der Waals surface area contributed by atoms with Gasteiger partial charge >= 0.3 is 0 Å². The van der Waals surface area contributed by atoms with Gasteiger partial charge in [0.2, 0.25) is 0 Å². The van der Waals surface area contributed by atoms with E-state index in [-0.39, 0.29) is 11.1 Å². The molecule has 0 aliphatic rings. The van der Waals surface area contributed by atoms with Crippen molar-refractivity contribution < 1.29 is 13.6 Å². The zero-order valence-corrected chi connectivity index (χ0v) is 15.2. The topological polar surface area (TPSA) is 70.7 Å². The van der Waals surface area contributed by atoms with Gasteiger partial charge in [0.1, 0.15) is 29.1 Å². The number of carbonyl (C=O) groups is 1. The number of amides is 1. The van der Waals surface area contributed by atoms with E-state index < -0.39 is 17.5 Å². The van der Waals surface area contributed by atoms with Gasteiger partial charge < -0.3 is 5.32 Å². The molecule has 0 saturated heterocycles. The van der Waals surface area contributed by atoms with E-state index in [1.54, 1.807) is 23.7 Å². The molecule has 0 aliphatic heterocycles. The molecule has 5 nitrogen and oxygen atoms in total. The maximum Gasteiger partial charge on any atom is 0.267 e. The molecule has 1 heterocycles. The Morgan fingerprint density at radius 2 is 1.86 bits per heavy atom. The zero-order chi connectivity index (χ0) is 20.3. The average molecular weight is 378 g/mol. The summed E-state index contributed by atoms with van der Waals surface area (Å²) in [7, 11) is 0. The standard InChI is InChI=1S/C21H16F2N4O/c1-13-3-7-18(8-4-13)27-20(9-14(2)26-27)25-21(28)16(12-24)10-15-5-6-17(22)11-19(15)23/h3-11H,1-2H3,(H,25,28)/b16-10+. The van der Waals surface area contributed by atoms with Crippen molar-refractivity contribution in [3.63, 3.8) is 0 Å². The fraction of sp³-hybridized carbons (Fsp3) is 0.0952. The molecule has 0 fully saturated rings. The number of hydrogen-bond donors (Lipinski definition) is 1. The Morgan fingerprint density at radius 3 is 2.50 bits per heavy atom. The summed E-state index contributed by atoms with van der Waals surface area (Å²) in [5.74, 6) is -1.96. The van der Waals surface area contributed by atoms with Gasteiger partial charge in [-0.3, -0.25) is 4.79 Å². The van der Waals surface area contributed by atoms with Crippen LogP contribution in [0.3, 0.4) is 0 Å². The maximum atomic E-state index is 13.8. The molecule has 1 aromatic heterocycles. The van der Waals surface area contributed by atoms with E-state index in [2.05, 4.69) is 10.4 Å². The Labute approximate surface area is 160 Å². The molecule has 0 saturated carbocycles. The number of benzene rings is 2. The first-order valence-electron chi connectivity index (χ1n) is 8.39. The van der Waals surface area contributed by atoms with Crippen molar-refractivity contribution in [1.29, 1.82) is 5.26 Å². The lowest BCUT2D eigenvalue weighted by molar-refractivity contribution is -0.112. The van der Waals surface area contributed by atoms with Crippen LogP contribution in [0.1, 0.15) is 16.8 Å². The number of anilines is 1. The fourth-order valence-corrected chi connectivity index (χ4v) is 2.58. The van der Waals surface area contributed by atoms with E-state index >= 15 is 0 Å². The van der Waals surface area contributed by atoms with Gasteiger partial charge in [-0.1, -0.05) is 17.7 Å². The molecule has 0 bridgehead atoms. The summed E-state index contributed by atoms with van der Waals surface area (Å²) >= 11 is 0. The summed E-state index contributed by atoms with van der Waals surface area (Å²) in [6.45, 7) is 3.73. The van der Waals surface area contributed by atoms with Crippen LogP contribution in [0.4, 0.5) is 14.6 Å². The first-order valence-corrected chi connectivity index (χ1v) is 8.39. The monoisotopic (exact) mass is 378 g/mol. The van der Waals surface area contributed by atoms with Gasteiger partial charge in [-0.15, -0.1) is 0 Å². The van der Waals surface area contributed by atoms with Gasteiger partial charge in [-0.2, -0.15) is 10.4 Å². The second kappa shape index (κ2) is 7.84. The molecule has 3 rings (SSSR count). The summed E-state index contributed by atoms with van der Waals surface area (Å²) in [6, 6.07) is 13.8. The molecule has 3 aromatic rings. The minimum absolute atomic E-state index is 0.0590. The molecule has 0 unspecified atom stereocenters. The highest BCUT2D eigenvalue weighted by atomic mass is 19.1. The number of hydrogen-bond acceptors (Lipinski definition) is 3. The van der Waals surface area contributed by atoms with Crippen molar-refractivity contribution >= 4 is 17.8 Å². The highest BCUT2D eigenvalue weighted by molar-refractivity contribution is 6.09. The van der Waals surface area contributed by atoms with Crippen molar-refractivity contribution in [2.75, 3.05) is 5.32 Å². The van der Waals surface area contributed by atoms with E-state index in [1.807, 2.05) is 31.2 Å². The van der Waals surface area contributed by atoms with Gasteiger partial charge in [0.25, 0.3) is 5.91 Å². The molecular formula is C21H16F2N4O. The number of nitrogens with zero attached hydrogens (tertiary/aromatic N) is 3. The molecule has 0 spiro atoms. The minimum Gasteiger partial charge on any atom is -0.306 e. The lowest BCUT2D eigenvalue weighted by Crippen LogP contribution is -2.16. The number of nitrogens with one attached hydrogen (secondary N) is 1. The number of halogens is 2. The van der Waals surface area contributed by atoms with Crippen LogP contribution in [0.5, 0.6) is 0 Å². The van der Waals surface area contributed by atoms with E-state index in [1.165, 1.54) is 0 Å². The lowest BCUT2D eigenvalue weighted by Gasteiger charge is -2.09. The summed E-state index contributed by atoms with van der Waals surface area (Å²) in [5.41, 5.74) is 2.11. The number of aryl methyl sites for hydroxylation is 2. The Hall–Kier alpha value is -3.79. The van der Waals surface area contributed by atoms with Crippen LogP contribution in [0.25, 0.3) is 11.8 Å². The molecule has 0 atom stereocenters. The average Bonchev–Trinajstić information content (AvgIpc) is 3.01. The predicted octanol–water partition coefficient (Wildman–Crippen LogP) is 4.31. The van der Waals surface area contributed by atoms with E-state index in [9.17, 15) is 18.8 Å². The maximum absolute atomic E-state index is 13.8. The van der Waals surface area contributed by atoms with Gasteiger partial charge in [0, 0.05) is 17.7 Å². The molecule has 140 valence electrons. The normalized spacial score (nSPS) is 11.2. The van der Waals surface area contributed by atoms with Crippen LogP contribution in [0.15, 0.2) is 54.1 Å². The van der Waals surface area contributed by atoms with Crippen LogP contribution in [-0.4, -0.2) is 15.7 Å². The molecule has 0 aliphatic carbocycles. The SMILES string of the molecule is Cc1ccc(-n2nc(C)cc2NC(=O)/C(C#N)=C/c2ccc(F)cc2F)cc1. The Morgan fingerprint density at radius 1 is 1.14 bits per heavy atom. The summed E-state index contributed by atoms with van der Waals surface area (Å²) in [5, 5.41) is 16.3. The lowest BCUT2D eigenvalue weighted by atomic mass is 10.1. The van der Waals surface area contributed by atoms with E-state index in [0.717, 1.165) is 29.5 Å². The van der Waals surface area contributed by atoms with E-state index in [4.69, 9.17) is 0 Å². The van der Waals surface area contributed by atoms with Crippen molar-refractivity contribution in [3.8, 4) is 11.8 Å². The molecule has 2 aromatic carbocycles. The summed E-state index contributed by atoms with van der Waals surface area (Å²) in [4.78, 5) is 12.5. The zero-order valence-electron chi connectivity index (χ0n) is 15.2. The van der Waals surface area contributed by atoms with Gasteiger partial charge in [-0.05, 0) is 44.2 Å². The van der Waals surface area contributed by atoms with E-state index in [0.29, 0.717) is 17.6 Å². The first kappa shape index (κ1) is 19.0. The third-order valence-corrected chi connectivity index (χ3v) is 3.98. The van der Waals surface area contributed by atoms with Gasteiger partial charge in [0.05, 0.1) is 11.4 Å². The molecule has 1 N–H and O–H groups in total. The third kappa shape index (κ3) is 4.13. The van der Waals surface area contributed by atoms with Crippen LogP contribution < -0.4 is 5.32 Å². The number of nitriles is 1. The van der Waals surface area contributed by atoms with Gasteiger partial charge in [0.15, 0.2) is 0 Å². The van der Waals surface area contributed by atoms with Crippen molar-refractivity contribution in [2.45, 2.75) is 13.8 Å². The van der Waals surface area contributed by atoms with Crippen molar-refractivity contribution in [2.24, 2.45) is 0 Å². The second-order valence-corrected chi connectivity index (χ2v) is 6.21. The minimum atomic E-state index is -0.860. The number of aromatic nitrogens is 2.